The van der Waals surface area contributed by atoms with Crippen molar-refractivity contribution in [3.05, 3.63) is 0 Å². The number of hydrogen-bond donors (Lipinski definition) is 1. The minimum absolute atomic E-state index is 0.210. The molecule has 0 aliphatic carbocycles. The van der Waals surface area contributed by atoms with Gasteiger partial charge in [-0.3, -0.25) is 4.79 Å². The Balaban J connectivity index is 2.36. The maximum Gasteiger partial charge on any atom is 0.397 e. The Morgan fingerprint density at radius 3 is 2.31 bits per heavy atom. The Morgan fingerprint density at radius 2 is 2.00 bits per heavy atom. The van der Waals surface area contributed by atoms with Crippen LogP contribution in [0, 0.1) is 0 Å². The first kappa shape index (κ1) is 10.3. The van der Waals surface area contributed by atoms with Crippen LogP contribution in [0.4, 0.5) is 13.2 Å². The Bertz CT molecular complexity index is 216. The molecule has 1 saturated heterocycles. The molecule has 13 heavy (non-hydrogen) atoms. The van der Waals surface area contributed by atoms with Crippen LogP contribution in [0.5, 0.6) is 0 Å². The summed E-state index contributed by atoms with van der Waals surface area (Å²) in [5.41, 5.74) is 5.03. The molecule has 0 radical (unpaired) electrons. The quantitative estimate of drug-likeness (QED) is 0.663. The van der Waals surface area contributed by atoms with Crippen LogP contribution in [0.1, 0.15) is 13.3 Å². The van der Waals surface area contributed by atoms with Crippen molar-refractivity contribution < 1.29 is 18.0 Å². The van der Waals surface area contributed by atoms with Gasteiger partial charge in [-0.1, -0.05) is 0 Å². The number of halogens is 3. The van der Waals surface area contributed by atoms with E-state index in [1.165, 1.54) is 0 Å². The Kier molecular flexibility index (Phi) is 2.27. The maximum atomic E-state index is 11.7. The third kappa shape index (κ3) is 2.87. The van der Waals surface area contributed by atoms with Gasteiger partial charge in [0.1, 0.15) is 6.42 Å². The maximum absolute atomic E-state index is 11.7. The van der Waals surface area contributed by atoms with E-state index in [0.717, 1.165) is 4.90 Å². The van der Waals surface area contributed by atoms with E-state index < -0.39 is 24.0 Å². The van der Waals surface area contributed by atoms with Crippen LogP contribution >= 0.6 is 0 Å². The largest absolute Gasteiger partial charge is 0.397 e. The lowest BCUT2D eigenvalue weighted by Gasteiger charge is -2.45. The standard InChI is InChI=1S/C7H11F3N2O/c1-6(11)3-12(4-6)5(13)2-7(8,9)10/h2-4,11H2,1H3. The summed E-state index contributed by atoms with van der Waals surface area (Å²) in [7, 11) is 0. The van der Waals surface area contributed by atoms with Crippen molar-refractivity contribution >= 4 is 5.91 Å². The number of nitrogens with two attached hydrogens (primary N) is 1. The summed E-state index contributed by atoms with van der Waals surface area (Å²) < 4.78 is 35.2. The first-order valence-electron chi connectivity index (χ1n) is 3.83. The second-order valence-corrected chi connectivity index (χ2v) is 3.70. The molecule has 0 spiro atoms. The number of carbonyl (C=O) groups excluding carboxylic acids is 1. The van der Waals surface area contributed by atoms with Gasteiger partial charge < -0.3 is 10.6 Å². The second kappa shape index (κ2) is 2.87. The molecule has 1 aliphatic rings. The topological polar surface area (TPSA) is 46.3 Å². The number of amides is 1. The van der Waals surface area contributed by atoms with Gasteiger partial charge >= 0.3 is 6.18 Å². The fourth-order valence-electron chi connectivity index (χ4n) is 1.29. The second-order valence-electron chi connectivity index (χ2n) is 3.70. The van der Waals surface area contributed by atoms with Gasteiger partial charge in [-0.15, -0.1) is 0 Å². The molecule has 1 rings (SSSR count). The normalized spacial score (nSPS) is 21.2. The third-order valence-electron chi connectivity index (χ3n) is 1.81. The van der Waals surface area contributed by atoms with Gasteiger partial charge in [0.15, 0.2) is 0 Å². The fourth-order valence-corrected chi connectivity index (χ4v) is 1.29. The molecule has 1 amide bonds. The van der Waals surface area contributed by atoms with Crippen LogP contribution < -0.4 is 5.73 Å². The van der Waals surface area contributed by atoms with E-state index >= 15 is 0 Å². The Morgan fingerprint density at radius 1 is 1.54 bits per heavy atom. The van der Waals surface area contributed by atoms with Crippen molar-refractivity contribution in [3.63, 3.8) is 0 Å². The lowest BCUT2D eigenvalue weighted by molar-refractivity contribution is -0.166. The van der Waals surface area contributed by atoms with Crippen molar-refractivity contribution in [2.24, 2.45) is 5.73 Å². The number of alkyl halides is 3. The van der Waals surface area contributed by atoms with Crippen LogP contribution in [0.2, 0.25) is 0 Å². The number of nitrogens with zero attached hydrogens (tertiary/aromatic N) is 1. The lowest BCUT2D eigenvalue weighted by Crippen LogP contribution is -2.67. The van der Waals surface area contributed by atoms with Gasteiger partial charge in [-0.05, 0) is 6.92 Å². The zero-order valence-electron chi connectivity index (χ0n) is 7.19. The molecule has 1 fully saturated rings. The summed E-state index contributed by atoms with van der Waals surface area (Å²) in [5, 5.41) is 0. The van der Waals surface area contributed by atoms with E-state index in [1.54, 1.807) is 6.92 Å². The molecule has 0 aromatic carbocycles. The van der Waals surface area contributed by atoms with E-state index in [0.29, 0.717) is 0 Å². The number of rotatable bonds is 1. The molecule has 6 heteroatoms. The van der Waals surface area contributed by atoms with E-state index in [1.807, 2.05) is 0 Å². The van der Waals surface area contributed by atoms with Crippen molar-refractivity contribution in [1.29, 1.82) is 0 Å². The number of likely N-dealkylation sites (tertiary alicyclic amines) is 1. The predicted octanol–water partition coefficient (Wildman–Crippen LogP) is 0.498. The highest BCUT2D eigenvalue weighted by Crippen LogP contribution is 2.24. The molecule has 76 valence electrons. The van der Waals surface area contributed by atoms with Crippen LogP contribution in [0.25, 0.3) is 0 Å². The molecule has 0 atom stereocenters. The SMILES string of the molecule is CC1(N)CN(C(=O)CC(F)(F)F)C1. The van der Waals surface area contributed by atoms with Gasteiger partial charge in [0.05, 0.1) is 0 Å². The Labute approximate surface area is 73.7 Å². The summed E-state index contributed by atoms with van der Waals surface area (Å²) in [5.74, 6) is -0.893. The van der Waals surface area contributed by atoms with E-state index in [9.17, 15) is 18.0 Å². The molecule has 0 unspecified atom stereocenters. The van der Waals surface area contributed by atoms with Gasteiger partial charge in [0.25, 0.3) is 0 Å². The highest BCUT2D eigenvalue weighted by Gasteiger charge is 2.41. The molecule has 1 heterocycles. The minimum Gasteiger partial charge on any atom is -0.339 e. The van der Waals surface area contributed by atoms with E-state index in [2.05, 4.69) is 0 Å². The van der Waals surface area contributed by atoms with E-state index in [-0.39, 0.29) is 13.1 Å². The molecule has 0 bridgehead atoms. The first-order chi connectivity index (χ1) is 5.70. The highest BCUT2D eigenvalue weighted by atomic mass is 19.4. The fraction of sp³-hybridized carbons (Fsp3) is 0.857. The van der Waals surface area contributed by atoms with Crippen molar-refractivity contribution in [2.75, 3.05) is 13.1 Å². The van der Waals surface area contributed by atoms with Gasteiger partial charge in [-0.2, -0.15) is 13.2 Å². The summed E-state index contributed by atoms with van der Waals surface area (Å²) in [6.45, 7) is 2.12. The Hall–Kier alpha value is -0.780. The lowest BCUT2D eigenvalue weighted by atomic mass is 9.93. The van der Waals surface area contributed by atoms with Gasteiger partial charge in [0, 0.05) is 18.6 Å². The summed E-state index contributed by atoms with van der Waals surface area (Å²) >= 11 is 0. The van der Waals surface area contributed by atoms with Crippen molar-refractivity contribution in [3.8, 4) is 0 Å². The van der Waals surface area contributed by atoms with E-state index in [4.69, 9.17) is 5.73 Å². The van der Waals surface area contributed by atoms with Crippen LogP contribution in [-0.4, -0.2) is 35.6 Å². The molecular weight excluding hydrogens is 185 g/mol. The predicted molar refractivity (Wildman–Crippen MR) is 39.8 cm³/mol. The zero-order valence-corrected chi connectivity index (χ0v) is 7.19. The monoisotopic (exact) mass is 196 g/mol. The molecule has 1 aliphatic heterocycles. The smallest absolute Gasteiger partial charge is 0.339 e. The summed E-state index contributed by atoms with van der Waals surface area (Å²) in [4.78, 5) is 12.0. The van der Waals surface area contributed by atoms with Crippen molar-refractivity contribution in [2.45, 2.75) is 25.1 Å². The first-order valence-corrected chi connectivity index (χ1v) is 3.83. The molecule has 3 nitrogen and oxygen atoms in total. The molecular formula is C7H11F3N2O. The van der Waals surface area contributed by atoms with Gasteiger partial charge in [0.2, 0.25) is 5.91 Å². The van der Waals surface area contributed by atoms with Crippen LogP contribution in [0.15, 0.2) is 0 Å². The molecule has 0 aromatic rings. The number of carbonyl (C=O) groups is 1. The van der Waals surface area contributed by atoms with Gasteiger partial charge in [-0.25, -0.2) is 0 Å². The van der Waals surface area contributed by atoms with Crippen LogP contribution in [0.3, 0.4) is 0 Å². The molecule has 0 saturated carbocycles. The minimum atomic E-state index is -4.42. The third-order valence-corrected chi connectivity index (χ3v) is 1.81. The summed E-state index contributed by atoms with van der Waals surface area (Å²) in [6.07, 6.45) is -5.80. The average molecular weight is 196 g/mol. The highest BCUT2D eigenvalue weighted by molar-refractivity contribution is 5.78. The number of hydrogen-bond acceptors (Lipinski definition) is 2. The van der Waals surface area contributed by atoms with Crippen molar-refractivity contribution in [1.82, 2.24) is 4.90 Å². The zero-order chi connectivity index (χ0) is 10.3. The summed E-state index contributed by atoms with van der Waals surface area (Å²) in [6, 6.07) is 0. The molecule has 2 N–H and O–H groups in total. The molecule has 0 aromatic heterocycles. The van der Waals surface area contributed by atoms with Crippen LogP contribution in [-0.2, 0) is 4.79 Å². The average Bonchev–Trinajstić information content (AvgIpc) is 1.77.